The zero-order valence-electron chi connectivity index (χ0n) is 17.4. The predicted molar refractivity (Wildman–Crippen MR) is 115 cm³/mol. The van der Waals surface area contributed by atoms with Gasteiger partial charge in [0.15, 0.2) is 15.6 Å². The zero-order chi connectivity index (χ0) is 22.0. The van der Waals surface area contributed by atoms with E-state index < -0.39 is 9.84 Å². The highest BCUT2D eigenvalue weighted by Gasteiger charge is 2.22. The average Bonchev–Trinajstić information content (AvgIpc) is 2.76. The van der Waals surface area contributed by atoms with Crippen LogP contribution < -0.4 is 15.0 Å². The predicted octanol–water partition coefficient (Wildman–Crippen LogP) is 3.14. The van der Waals surface area contributed by atoms with Gasteiger partial charge in [0.2, 0.25) is 0 Å². The molecule has 3 aromatic rings. The summed E-state index contributed by atoms with van der Waals surface area (Å²) in [5, 5.41) is 4.38. The summed E-state index contributed by atoms with van der Waals surface area (Å²) in [7, 11) is -1.94. The van der Waals surface area contributed by atoms with Crippen molar-refractivity contribution < 1.29 is 17.9 Å². The molecule has 0 saturated carbocycles. The number of nitrogens with zero attached hydrogens (tertiary/aromatic N) is 3. The minimum absolute atomic E-state index is 0.0382. The summed E-state index contributed by atoms with van der Waals surface area (Å²) in [6.45, 7) is 2.00. The molecule has 0 fully saturated rings. The Hall–Kier alpha value is -3.20. The molecule has 1 aliphatic heterocycles. The van der Waals surface area contributed by atoms with Crippen LogP contribution in [0.3, 0.4) is 0 Å². The topological polar surface area (TPSA) is 100 Å². The Kier molecular flexibility index (Phi) is 5.77. The maximum atomic E-state index is 12.5. The number of aromatic nitrogens is 3. The molecule has 0 atom stereocenters. The molecular weight excluding hydrogens is 418 g/mol. The van der Waals surface area contributed by atoms with E-state index in [0.29, 0.717) is 35.1 Å². The van der Waals surface area contributed by atoms with Crippen molar-refractivity contribution in [1.29, 1.82) is 0 Å². The molecule has 0 bridgehead atoms. The van der Waals surface area contributed by atoms with Gasteiger partial charge in [0, 0.05) is 24.9 Å². The summed E-state index contributed by atoms with van der Waals surface area (Å²) in [4.78, 5) is 16.5. The molecule has 0 radical (unpaired) electrons. The smallest absolute Gasteiger partial charge is 0.270 e. The fourth-order valence-corrected chi connectivity index (χ4v) is 4.29. The fourth-order valence-electron chi connectivity index (χ4n) is 3.39. The number of aryl methyl sites for hydroxylation is 2. The van der Waals surface area contributed by atoms with Gasteiger partial charge in [0.1, 0.15) is 17.2 Å². The molecule has 0 aliphatic carbocycles. The minimum Gasteiger partial charge on any atom is -0.491 e. The summed E-state index contributed by atoms with van der Waals surface area (Å²) in [5.74, 6) is 1.26. The van der Waals surface area contributed by atoms with Gasteiger partial charge < -0.3 is 9.47 Å². The first-order valence-electron chi connectivity index (χ1n) is 10.1. The number of sulfone groups is 1. The van der Waals surface area contributed by atoms with Crippen LogP contribution in [-0.4, -0.2) is 35.5 Å². The largest absolute Gasteiger partial charge is 0.491 e. The second-order valence-corrected chi connectivity index (χ2v) is 9.55. The molecule has 2 aromatic heterocycles. The van der Waals surface area contributed by atoms with E-state index in [2.05, 4.69) is 10.1 Å². The van der Waals surface area contributed by atoms with Crippen molar-refractivity contribution in [3.63, 3.8) is 0 Å². The van der Waals surface area contributed by atoms with Gasteiger partial charge in [-0.15, -0.1) is 0 Å². The van der Waals surface area contributed by atoms with E-state index in [1.54, 1.807) is 25.4 Å². The normalized spacial score (nSPS) is 14.0. The first-order valence-corrected chi connectivity index (χ1v) is 11.7. The van der Waals surface area contributed by atoms with Crippen molar-refractivity contribution in [2.24, 2.45) is 7.05 Å². The Morgan fingerprint density at radius 2 is 1.94 bits per heavy atom. The highest BCUT2D eigenvalue weighted by molar-refractivity contribution is 7.91. The van der Waals surface area contributed by atoms with E-state index in [1.807, 2.05) is 6.07 Å². The van der Waals surface area contributed by atoms with Crippen molar-refractivity contribution in [3.05, 3.63) is 58.6 Å². The Balaban J connectivity index is 1.98. The molecule has 8 nitrogen and oxygen atoms in total. The molecule has 4 rings (SSSR count). The summed E-state index contributed by atoms with van der Waals surface area (Å²) in [6.07, 6.45) is 5.78. The maximum Gasteiger partial charge on any atom is 0.270 e. The molecule has 0 saturated heterocycles. The van der Waals surface area contributed by atoms with Gasteiger partial charge in [0.05, 0.1) is 23.5 Å². The lowest BCUT2D eigenvalue weighted by atomic mass is 10.1. The van der Waals surface area contributed by atoms with Crippen LogP contribution in [0.4, 0.5) is 0 Å². The van der Waals surface area contributed by atoms with E-state index in [0.717, 1.165) is 24.8 Å². The van der Waals surface area contributed by atoms with Gasteiger partial charge in [0.25, 0.3) is 5.56 Å². The van der Waals surface area contributed by atoms with Crippen LogP contribution in [0.1, 0.15) is 25.3 Å². The van der Waals surface area contributed by atoms with Gasteiger partial charge in [-0.3, -0.25) is 9.78 Å². The first kappa shape index (κ1) is 21.0. The van der Waals surface area contributed by atoms with Crippen LogP contribution in [0.25, 0.3) is 11.3 Å². The maximum absolute atomic E-state index is 12.5. The molecule has 0 unspecified atom stereocenters. The third-order valence-electron chi connectivity index (χ3n) is 5.19. The molecule has 1 aliphatic rings. The number of pyridine rings is 1. The quantitative estimate of drug-likeness (QED) is 0.602. The highest BCUT2D eigenvalue weighted by Crippen LogP contribution is 2.39. The van der Waals surface area contributed by atoms with E-state index >= 15 is 0 Å². The zero-order valence-corrected chi connectivity index (χ0v) is 18.2. The van der Waals surface area contributed by atoms with E-state index in [-0.39, 0.29) is 16.2 Å². The van der Waals surface area contributed by atoms with Gasteiger partial charge >= 0.3 is 0 Å². The Morgan fingerprint density at radius 1 is 1.10 bits per heavy atom. The summed E-state index contributed by atoms with van der Waals surface area (Å²) >= 11 is 0. The Labute approximate surface area is 180 Å². The van der Waals surface area contributed by atoms with Crippen LogP contribution in [-0.2, 0) is 23.3 Å². The second-order valence-electron chi connectivity index (χ2n) is 7.27. The van der Waals surface area contributed by atoms with Crippen LogP contribution >= 0.6 is 0 Å². The van der Waals surface area contributed by atoms with E-state index in [1.165, 1.54) is 29.9 Å². The molecule has 0 amide bonds. The molecule has 0 N–H and O–H groups in total. The van der Waals surface area contributed by atoms with Crippen LogP contribution in [0.2, 0.25) is 0 Å². The molecule has 3 heterocycles. The molecule has 9 heteroatoms. The van der Waals surface area contributed by atoms with Crippen molar-refractivity contribution >= 4 is 9.84 Å². The Morgan fingerprint density at radius 3 is 2.74 bits per heavy atom. The monoisotopic (exact) mass is 441 g/mol. The van der Waals surface area contributed by atoms with Crippen LogP contribution in [0.15, 0.2) is 52.4 Å². The number of benzene rings is 1. The number of hydrogen-bond acceptors (Lipinski definition) is 7. The Bertz CT molecular complexity index is 1280. The molecular formula is C22H23N3O5S. The van der Waals surface area contributed by atoms with Crippen LogP contribution in [0, 0.1) is 0 Å². The summed E-state index contributed by atoms with van der Waals surface area (Å²) < 4.78 is 38.4. The highest BCUT2D eigenvalue weighted by atomic mass is 32.2. The second kappa shape index (κ2) is 8.50. The van der Waals surface area contributed by atoms with Gasteiger partial charge in [-0.05, 0) is 49.1 Å². The van der Waals surface area contributed by atoms with E-state index in [4.69, 9.17) is 9.47 Å². The van der Waals surface area contributed by atoms with Crippen LogP contribution in [0.5, 0.6) is 17.2 Å². The number of hydrogen-bond donors (Lipinski definition) is 0. The summed E-state index contributed by atoms with van der Waals surface area (Å²) in [5.41, 5.74) is 1.45. The molecule has 0 spiro atoms. The lowest BCUT2D eigenvalue weighted by Gasteiger charge is -2.18. The standard InChI is InChI=1S/C22H23N3O5S/c1-3-31(27,28)16-7-8-18-17(12-16)22-19(13-21(26)25(2)24-22)29-11-5-4-6-15-9-10-23-14-20(15)30-18/h7-10,12-14H,3-6,11H2,1-2H3. The van der Waals surface area contributed by atoms with Gasteiger partial charge in [-0.25, -0.2) is 13.1 Å². The fraction of sp³-hybridized carbons (Fsp3) is 0.318. The molecule has 1 aromatic carbocycles. The molecule has 162 valence electrons. The van der Waals surface area contributed by atoms with Gasteiger partial charge in [-0.2, -0.15) is 5.10 Å². The average molecular weight is 442 g/mol. The number of rotatable bonds is 2. The minimum atomic E-state index is -3.47. The van der Waals surface area contributed by atoms with Gasteiger partial charge in [-0.1, -0.05) is 6.92 Å². The first-order chi connectivity index (χ1) is 14.9. The lowest BCUT2D eigenvalue weighted by molar-refractivity contribution is 0.304. The van der Waals surface area contributed by atoms with Crippen molar-refractivity contribution in [2.75, 3.05) is 12.4 Å². The molecule has 31 heavy (non-hydrogen) atoms. The lowest BCUT2D eigenvalue weighted by Crippen LogP contribution is -2.20. The van der Waals surface area contributed by atoms with Crippen molar-refractivity contribution in [2.45, 2.75) is 31.1 Å². The number of ether oxygens (including phenoxy) is 2. The van der Waals surface area contributed by atoms with Crippen molar-refractivity contribution in [3.8, 4) is 28.5 Å². The van der Waals surface area contributed by atoms with Crippen molar-refractivity contribution in [1.82, 2.24) is 14.8 Å². The summed E-state index contributed by atoms with van der Waals surface area (Å²) in [6, 6.07) is 7.93. The third-order valence-corrected chi connectivity index (χ3v) is 6.92. The number of fused-ring (bicyclic) bond motifs is 4. The third kappa shape index (κ3) is 4.32. The SMILES string of the molecule is CCS(=O)(=O)c1ccc2c(c1)-c1nn(C)c(=O)cc1OCCCCc1ccncc1O2. The van der Waals surface area contributed by atoms with E-state index in [9.17, 15) is 13.2 Å².